The summed E-state index contributed by atoms with van der Waals surface area (Å²) in [5, 5.41) is 36.9. The highest BCUT2D eigenvalue weighted by Gasteiger charge is 2.58. The van der Waals surface area contributed by atoms with E-state index in [0.717, 1.165) is 81.1 Å². The van der Waals surface area contributed by atoms with Gasteiger partial charge < -0.3 is 45.3 Å². The van der Waals surface area contributed by atoms with Gasteiger partial charge in [0.2, 0.25) is 5.75 Å². The summed E-state index contributed by atoms with van der Waals surface area (Å²) in [6.07, 6.45) is 12.8. The molecule has 0 spiro atoms. The van der Waals surface area contributed by atoms with Gasteiger partial charge in [0.15, 0.2) is 29.0 Å². The number of phenols is 3. The molecule has 0 radical (unpaired) electrons. The van der Waals surface area contributed by atoms with Gasteiger partial charge in [0, 0.05) is 68.0 Å². The molecule has 2 saturated carbocycles. The summed E-state index contributed by atoms with van der Waals surface area (Å²) in [6, 6.07) is 12.9. The van der Waals surface area contributed by atoms with Gasteiger partial charge in [0.25, 0.3) is 0 Å². The summed E-state index contributed by atoms with van der Waals surface area (Å²) < 4.78 is 26.4. The van der Waals surface area contributed by atoms with Gasteiger partial charge in [0.05, 0.1) is 24.4 Å². The highest BCUT2D eigenvalue weighted by molar-refractivity contribution is 8.77. The van der Waals surface area contributed by atoms with Crippen molar-refractivity contribution in [1.82, 2.24) is 10.3 Å². The molecule has 6 N–H and O–H groups in total. The molecule has 7 rings (SSSR count). The van der Waals surface area contributed by atoms with E-state index in [0.29, 0.717) is 36.5 Å². The molecular formula is C45H60N4O8S2. The third-order valence-electron chi connectivity index (χ3n) is 12.8. The van der Waals surface area contributed by atoms with Crippen molar-refractivity contribution in [3.05, 3.63) is 71.5 Å². The Morgan fingerprint density at radius 3 is 2.76 bits per heavy atom. The van der Waals surface area contributed by atoms with Gasteiger partial charge in [0.1, 0.15) is 12.2 Å². The van der Waals surface area contributed by atoms with E-state index in [1.165, 1.54) is 13.0 Å². The molecular weight excluding hydrogens is 789 g/mol. The molecule has 4 aliphatic rings. The molecule has 59 heavy (non-hydrogen) atoms. The fourth-order valence-electron chi connectivity index (χ4n) is 9.95. The number of ether oxygens (including phenoxy) is 4. The number of hydrogen-bond donors (Lipinski definition) is 5. The van der Waals surface area contributed by atoms with Gasteiger partial charge in [-0.3, -0.25) is 14.8 Å². The van der Waals surface area contributed by atoms with Crippen molar-refractivity contribution in [2.45, 2.75) is 133 Å². The van der Waals surface area contributed by atoms with Crippen LogP contribution in [0.2, 0.25) is 0 Å². The molecule has 12 nitrogen and oxygen atoms in total. The second-order valence-corrected chi connectivity index (χ2v) is 19.5. The van der Waals surface area contributed by atoms with Gasteiger partial charge in [-0.2, -0.15) is 0 Å². The maximum atomic E-state index is 12.8. The normalized spacial score (nSPS) is 29.6. The summed E-state index contributed by atoms with van der Waals surface area (Å²) in [5.74, 6) is 0.867. The molecule has 8 atom stereocenters. The van der Waals surface area contributed by atoms with Crippen LogP contribution in [0.25, 0.3) is 0 Å². The quantitative estimate of drug-likeness (QED) is 0.0312. The van der Waals surface area contributed by atoms with Gasteiger partial charge in [-0.1, -0.05) is 59.9 Å². The van der Waals surface area contributed by atoms with Gasteiger partial charge in [-0.05, 0) is 92.0 Å². The van der Waals surface area contributed by atoms with E-state index in [9.17, 15) is 20.1 Å². The van der Waals surface area contributed by atoms with Crippen molar-refractivity contribution < 1.29 is 39.1 Å². The van der Waals surface area contributed by atoms with Gasteiger partial charge in [-0.15, -0.1) is 0 Å². The van der Waals surface area contributed by atoms with E-state index >= 15 is 0 Å². The monoisotopic (exact) mass is 848 g/mol. The number of carbonyl (C=O) groups excluding carboxylic acids is 1. The number of carbonyl (C=O) groups is 1. The number of fused-ring (bicyclic) bond motifs is 7. The number of rotatable bonds is 11. The number of esters is 1. The van der Waals surface area contributed by atoms with Gasteiger partial charge >= 0.3 is 5.97 Å². The molecule has 2 aliphatic heterocycles. The third kappa shape index (κ3) is 9.97. The van der Waals surface area contributed by atoms with Crippen molar-refractivity contribution >= 4 is 33.5 Å². The first-order valence-electron chi connectivity index (χ1n) is 21.2. The van der Waals surface area contributed by atoms with E-state index in [2.05, 4.69) is 22.2 Å². The molecule has 320 valence electrons. The number of unbranched alkanes of at least 4 members (excludes halogenated alkanes) is 2. The second kappa shape index (κ2) is 19.1. The Bertz CT molecular complexity index is 1940. The number of aliphatic imine (C=N–C) groups is 1. The lowest BCUT2D eigenvalue weighted by molar-refractivity contribution is -0.212. The number of nitrogens with two attached hydrogens (primary N) is 1. The first-order chi connectivity index (χ1) is 28.5. The number of hydrogen-bond acceptors (Lipinski definition) is 12. The van der Waals surface area contributed by atoms with Crippen molar-refractivity contribution in [1.29, 1.82) is 0 Å². The summed E-state index contributed by atoms with van der Waals surface area (Å²) in [6.45, 7) is 3.94. The topological polar surface area (TPSA) is 178 Å². The first kappa shape index (κ1) is 43.1. The highest BCUT2D eigenvalue weighted by atomic mass is 33.1. The number of aromatic hydroxyl groups is 3. The van der Waals surface area contributed by atoms with Crippen molar-refractivity contribution in [3.63, 3.8) is 0 Å². The Labute approximate surface area is 355 Å². The van der Waals surface area contributed by atoms with E-state index in [-0.39, 0.29) is 64.5 Å². The first-order valence-corrected chi connectivity index (χ1v) is 23.6. The fraction of sp³-hybridized carbons (Fsp3) is 0.578. The van der Waals surface area contributed by atoms with Crippen LogP contribution in [0.3, 0.4) is 0 Å². The average Bonchev–Trinajstić information content (AvgIpc) is 3.22. The number of benzene rings is 2. The molecule has 14 heteroatoms. The lowest BCUT2D eigenvalue weighted by Gasteiger charge is -2.57. The van der Waals surface area contributed by atoms with Crippen LogP contribution >= 0.6 is 21.6 Å². The highest BCUT2D eigenvalue weighted by Crippen LogP contribution is 2.59. The van der Waals surface area contributed by atoms with Crippen LogP contribution in [-0.4, -0.2) is 80.7 Å². The molecule has 2 aliphatic carbocycles. The maximum absolute atomic E-state index is 12.8. The molecule has 2 aromatic carbocycles. The Kier molecular flexibility index (Phi) is 14.0. The summed E-state index contributed by atoms with van der Waals surface area (Å²) in [5.41, 5.74) is 8.26. The number of phenolic OH excluding ortho intramolecular Hbond substituents is 3. The second-order valence-electron chi connectivity index (χ2n) is 16.9. The molecule has 3 aromatic rings. The van der Waals surface area contributed by atoms with E-state index in [1.54, 1.807) is 31.6 Å². The largest absolute Gasteiger partial charge is 0.504 e. The minimum atomic E-state index is -0.571. The summed E-state index contributed by atoms with van der Waals surface area (Å²) >= 11 is 0. The fourth-order valence-corrected chi connectivity index (χ4v) is 13.7. The minimum absolute atomic E-state index is 0.0733. The number of nitrogens with zero attached hydrogens (tertiary/aromatic N) is 2. The summed E-state index contributed by atoms with van der Waals surface area (Å²) in [7, 11) is 5.50. The molecule has 3 fully saturated rings. The lowest BCUT2D eigenvalue weighted by atomic mass is 9.59. The van der Waals surface area contributed by atoms with E-state index in [4.69, 9.17) is 24.7 Å². The molecule has 0 unspecified atom stereocenters. The third-order valence-corrected chi connectivity index (χ3v) is 16.0. The van der Waals surface area contributed by atoms with Crippen LogP contribution in [-0.2, 0) is 27.1 Å². The lowest BCUT2D eigenvalue weighted by Crippen LogP contribution is -2.59. The van der Waals surface area contributed by atoms with E-state index < -0.39 is 17.6 Å². The predicted octanol–water partition coefficient (Wildman–Crippen LogP) is 8.16. The van der Waals surface area contributed by atoms with Crippen LogP contribution in [0.1, 0.15) is 107 Å². The van der Waals surface area contributed by atoms with Crippen LogP contribution < -0.4 is 20.5 Å². The van der Waals surface area contributed by atoms with Crippen molar-refractivity contribution in [2.75, 3.05) is 19.4 Å². The molecule has 1 saturated heterocycles. The number of aromatic nitrogens is 1. The Morgan fingerprint density at radius 2 is 1.98 bits per heavy atom. The van der Waals surface area contributed by atoms with Crippen LogP contribution in [0.5, 0.6) is 28.7 Å². The smallest absolute Gasteiger partial charge is 0.302 e. The molecule has 0 amide bonds. The predicted molar refractivity (Wildman–Crippen MR) is 232 cm³/mol. The summed E-state index contributed by atoms with van der Waals surface area (Å²) in [4.78, 5) is 21.3. The van der Waals surface area contributed by atoms with Crippen LogP contribution in [0, 0.1) is 11.3 Å². The number of guanidine groups is 1. The maximum Gasteiger partial charge on any atom is 0.302 e. The minimum Gasteiger partial charge on any atom is -0.504 e. The molecule has 1 aromatic heterocycles. The molecule has 4 bridgehead atoms. The Morgan fingerprint density at radius 1 is 1.12 bits per heavy atom. The zero-order chi connectivity index (χ0) is 41.6. The van der Waals surface area contributed by atoms with E-state index in [1.807, 2.05) is 45.9 Å². The van der Waals surface area contributed by atoms with Crippen LogP contribution in [0.15, 0.2) is 59.9 Å². The van der Waals surface area contributed by atoms with Crippen molar-refractivity contribution in [3.8, 4) is 28.7 Å². The van der Waals surface area contributed by atoms with Crippen LogP contribution in [0.4, 0.5) is 0 Å². The Hall–Kier alpha value is -4.01. The standard InChI is InChI=1S/C45H60N4O8S2/c1-4-5-6-17-45-24-30-11-13-34(51)38(20-30)56-32-10-7-16-44(25-32,49-43(46)47-3)27-58-59-40(45)14-12-33-37(55-28(2)50)23-36(57-42(33)45)31-21-35(52)41(53)39(22-31)54-19-15-29-9-8-18-48-26-29/h8-9,11,13,18,20-22,26,32-33,36-37,40,42,51-53H,4-7,10,12,14-17,19,23-25,27H2,1-3H3,(H3,46,47,49)/t32-,33+,36-,37-,40+,42+,44+,45+/m0/s1. The number of nitrogens with one attached hydrogen (secondary N) is 1. The van der Waals surface area contributed by atoms with Crippen molar-refractivity contribution in [2.24, 2.45) is 22.1 Å². The SMILES string of the molecule is CCCCC[C@@]12Cc3ccc(O)c(c3)O[C@H]3CCC[C@](NC(N)=NC)(CSS[C@@H]1CC[C@@H]1[C@@H](OC(C)=O)C[C@@H](c4cc(O)c(O)c(OCCc5cccnc5)c4)O[C@H]12)C3. The zero-order valence-corrected chi connectivity index (χ0v) is 36.1. The Balaban J connectivity index is 1.28. The number of pyridine rings is 1. The molecule has 3 heterocycles. The van der Waals surface area contributed by atoms with Gasteiger partial charge in [-0.25, -0.2) is 0 Å². The zero-order valence-electron chi connectivity index (χ0n) is 34.4. The average molecular weight is 849 g/mol.